The summed E-state index contributed by atoms with van der Waals surface area (Å²) in [7, 11) is 0. The Kier molecular flexibility index (Phi) is 1.19. The van der Waals surface area contributed by atoms with Crippen molar-refractivity contribution in [2.45, 2.75) is 12.7 Å². The lowest BCUT2D eigenvalue weighted by Gasteiger charge is -2.08. The van der Waals surface area contributed by atoms with E-state index >= 15 is 0 Å². The van der Waals surface area contributed by atoms with Gasteiger partial charge in [-0.25, -0.2) is 5.10 Å². The highest BCUT2D eigenvalue weighted by Crippen LogP contribution is 2.07. The molecule has 0 amide bonds. The predicted octanol–water partition coefficient (Wildman–Crippen LogP) is -1.64. The SMILES string of the molecule is CC(O)(O)c1nnn[nH]1. The topological polar surface area (TPSA) is 94.9 Å². The molecule has 50 valence electrons. The average Bonchev–Trinajstić information content (AvgIpc) is 2.08. The van der Waals surface area contributed by atoms with Crippen molar-refractivity contribution in [2.24, 2.45) is 0 Å². The van der Waals surface area contributed by atoms with Gasteiger partial charge in [-0.3, -0.25) is 0 Å². The molecule has 0 aromatic carbocycles. The Morgan fingerprint density at radius 1 is 1.56 bits per heavy atom. The van der Waals surface area contributed by atoms with E-state index in [0.717, 1.165) is 6.92 Å². The van der Waals surface area contributed by atoms with E-state index in [9.17, 15) is 0 Å². The van der Waals surface area contributed by atoms with Crippen LogP contribution in [0.3, 0.4) is 0 Å². The van der Waals surface area contributed by atoms with E-state index in [1.807, 2.05) is 0 Å². The fourth-order valence-corrected chi connectivity index (χ4v) is 0.360. The van der Waals surface area contributed by atoms with Gasteiger partial charge in [-0.1, -0.05) is 0 Å². The fraction of sp³-hybridized carbons (Fsp3) is 0.667. The number of aromatic nitrogens is 4. The maximum atomic E-state index is 8.76. The number of aromatic amines is 1. The smallest absolute Gasteiger partial charge is 0.223 e. The lowest BCUT2D eigenvalue weighted by Crippen LogP contribution is -2.21. The van der Waals surface area contributed by atoms with Crippen LogP contribution in [0.15, 0.2) is 0 Å². The first-order valence-corrected chi connectivity index (χ1v) is 2.29. The van der Waals surface area contributed by atoms with Crippen molar-refractivity contribution in [1.29, 1.82) is 0 Å². The van der Waals surface area contributed by atoms with Gasteiger partial charge in [-0.05, 0) is 17.4 Å². The summed E-state index contributed by atoms with van der Waals surface area (Å²) < 4.78 is 0. The molecule has 6 nitrogen and oxygen atoms in total. The molecule has 1 heterocycles. The third kappa shape index (κ3) is 1.21. The molecule has 0 aliphatic carbocycles. The monoisotopic (exact) mass is 130 g/mol. The number of nitrogens with one attached hydrogen (secondary N) is 1. The Morgan fingerprint density at radius 3 is 2.44 bits per heavy atom. The van der Waals surface area contributed by atoms with Gasteiger partial charge in [-0.15, -0.1) is 5.10 Å². The zero-order valence-electron chi connectivity index (χ0n) is 4.74. The second-order valence-electron chi connectivity index (χ2n) is 1.77. The summed E-state index contributed by atoms with van der Waals surface area (Å²) in [6.07, 6.45) is 0. The van der Waals surface area contributed by atoms with Crippen LogP contribution < -0.4 is 0 Å². The Morgan fingerprint density at radius 2 is 2.22 bits per heavy atom. The van der Waals surface area contributed by atoms with Crippen molar-refractivity contribution in [3.8, 4) is 0 Å². The van der Waals surface area contributed by atoms with Crippen molar-refractivity contribution < 1.29 is 10.2 Å². The molecule has 0 bridgehead atoms. The number of hydrogen-bond donors (Lipinski definition) is 3. The summed E-state index contributed by atoms with van der Waals surface area (Å²) in [5.74, 6) is -2.04. The molecule has 0 atom stereocenters. The van der Waals surface area contributed by atoms with Gasteiger partial charge in [0.2, 0.25) is 11.6 Å². The van der Waals surface area contributed by atoms with Crippen LogP contribution in [0.4, 0.5) is 0 Å². The first-order chi connectivity index (χ1) is 4.11. The van der Waals surface area contributed by atoms with Crippen molar-refractivity contribution in [1.82, 2.24) is 20.6 Å². The van der Waals surface area contributed by atoms with Crippen LogP contribution in [0.5, 0.6) is 0 Å². The Bertz CT molecular complexity index is 176. The number of hydrogen-bond acceptors (Lipinski definition) is 5. The molecule has 9 heavy (non-hydrogen) atoms. The quantitative estimate of drug-likeness (QED) is 0.396. The lowest BCUT2D eigenvalue weighted by molar-refractivity contribution is -0.159. The number of nitrogens with zero attached hydrogens (tertiary/aromatic N) is 3. The maximum absolute atomic E-state index is 8.76. The van der Waals surface area contributed by atoms with Gasteiger partial charge in [0.25, 0.3) is 0 Å². The molecule has 0 saturated carbocycles. The van der Waals surface area contributed by atoms with E-state index in [4.69, 9.17) is 10.2 Å². The van der Waals surface area contributed by atoms with Gasteiger partial charge in [0.05, 0.1) is 0 Å². The minimum absolute atomic E-state index is 0.0671. The summed E-state index contributed by atoms with van der Waals surface area (Å²) in [6.45, 7) is 1.16. The summed E-state index contributed by atoms with van der Waals surface area (Å²) in [6, 6.07) is 0. The average molecular weight is 130 g/mol. The molecule has 0 unspecified atom stereocenters. The van der Waals surface area contributed by atoms with E-state index in [-0.39, 0.29) is 5.82 Å². The number of H-pyrrole nitrogens is 1. The predicted molar refractivity (Wildman–Crippen MR) is 26.0 cm³/mol. The molecule has 1 aromatic heterocycles. The standard InChI is InChI=1S/C3H6N4O2/c1-3(8,9)2-4-6-7-5-2/h8-9H,1H3,(H,4,5,6,7). The normalized spacial score (nSPS) is 11.9. The van der Waals surface area contributed by atoms with Crippen LogP contribution in [0.2, 0.25) is 0 Å². The molecule has 1 rings (SSSR count). The van der Waals surface area contributed by atoms with Gasteiger partial charge in [-0.2, -0.15) is 0 Å². The highest BCUT2D eigenvalue weighted by atomic mass is 16.5. The molecule has 1 aromatic rings. The van der Waals surface area contributed by atoms with Crippen LogP contribution in [-0.2, 0) is 5.79 Å². The Hall–Kier alpha value is -1.01. The first-order valence-electron chi connectivity index (χ1n) is 2.29. The Balaban J connectivity index is 2.90. The summed E-state index contributed by atoms with van der Waals surface area (Å²) in [4.78, 5) is 0. The molecule has 0 saturated heterocycles. The number of tetrazole rings is 1. The first kappa shape index (κ1) is 6.12. The third-order valence-corrected chi connectivity index (χ3v) is 0.794. The molecule has 0 spiro atoms. The number of aliphatic hydroxyl groups is 2. The van der Waals surface area contributed by atoms with Crippen molar-refractivity contribution >= 4 is 0 Å². The van der Waals surface area contributed by atoms with E-state index in [1.54, 1.807) is 0 Å². The van der Waals surface area contributed by atoms with E-state index in [0.29, 0.717) is 0 Å². The zero-order chi connectivity index (χ0) is 6.91. The molecule has 0 fully saturated rings. The summed E-state index contributed by atoms with van der Waals surface area (Å²) in [5.41, 5.74) is 0. The number of rotatable bonds is 1. The zero-order valence-corrected chi connectivity index (χ0v) is 4.74. The minimum Gasteiger partial charge on any atom is -0.360 e. The van der Waals surface area contributed by atoms with Gasteiger partial charge in [0, 0.05) is 0 Å². The minimum atomic E-state index is -1.97. The van der Waals surface area contributed by atoms with Crippen molar-refractivity contribution in [3.05, 3.63) is 5.82 Å². The van der Waals surface area contributed by atoms with Crippen LogP contribution in [-0.4, -0.2) is 30.8 Å². The van der Waals surface area contributed by atoms with E-state index in [2.05, 4.69) is 20.6 Å². The van der Waals surface area contributed by atoms with Crippen LogP contribution >= 0.6 is 0 Å². The van der Waals surface area contributed by atoms with Gasteiger partial charge >= 0.3 is 0 Å². The van der Waals surface area contributed by atoms with Gasteiger partial charge < -0.3 is 10.2 Å². The van der Waals surface area contributed by atoms with Gasteiger partial charge in [0.15, 0.2) is 0 Å². The van der Waals surface area contributed by atoms with Crippen molar-refractivity contribution in [2.75, 3.05) is 0 Å². The van der Waals surface area contributed by atoms with Crippen molar-refractivity contribution in [3.63, 3.8) is 0 Å². The molecule has 0 radical (unpaired) electrons. The molecule has 0 aliphatic rings. The molecular formula is C3H6N4O2. The van der Waals surface area contributed by atoms with E-state index < -0.39 is 5.79 Å². The second kappa shape index (κ2) is 1.74. The van der Waals surface area contributed by atoms with E-state index in [1.165, 1.54) is 0 Å². The maximum Gasteiger partial charge on any atom is 0.223 e. The fourth-order valence-electron chi connectivity index (χ4n) is 0.360. The highest BCUT2D eigenvalue weighted by Gasteiger charge is 2.22. The summed E-state index contributed by atoms with van der Waals surface area (Å²) >= 11 is 0. The highest BCUT2D eigenvalue weighted by molar-refractivity contribution is 4.84. The molecular weight excluding hydrogens is 124 g/mol. The molecule has 6 heteroatoms. The lowest BCUT2D eigenvalue weighted by atomic mass is 10.3. The van der Waals surface area contributed by atoms with Crippen LogP contribution in [0.1, 0.15) is 12.7 Å². The summed E-state index contributed by atoms with van der Waals surface area (Å²) in [5, 5.41) is 29.3. The van der Waals surface area contributed by atoms with Gasteiger partial charge in [0.1, 0.15) is 0 Å². The third-order valence-electron chi connectivity index (χ3n) is 0.794. The van der Waals surface area contributed by atoms with Crippen LogP contribution in [0, 0.1) is 0 Å². The largest absolute Gasteiger partial charge is 0.360 e. The molecule has 3 N–H and O–H groups in total. The van der Waals surface area contributed by atoms with Crippen LogP contribution in [0.25, 0.3) is 0 Å². The molecule has 0 aliphatic heterocycles. The second-order valence-corrected chi connectivity index (χ2v) is 1.77. The Labute approximate surface area is 50.5 Å².